The number of hydrogen-bond donors (Lipinski definition) is 1. The third-order valence-corrected chi connectivity index (χ3v) is 2.62. The predicted molar refractivity (Wildman–Crippen MR) is 61.7 cm³/mol. The number of aromatic nitrogens is 1. The molecule has 0 saturated carbocycles. The summed E-state index contributed by atoms with van der Waals surface area (Å²) in [7, 11) is 0. The maximum atomic E-state index is 3.37. The normalized spacial score (nSPS) is 12.3. The molecule has 1 heterocycles. The lowest BCUT2D eigenvalue weighted by molar-refractivity contribution is 0.591. The molecular weight excluding hydrogens is 170 g/mol. The van der Waals surface area contributed by atoms with Crippen molar-refractivity contribution in [2.75, 3.05) is 0 Å². The summed E-state index contributed by atoms with van der Waals surface area (Å²) >= 11 is 0. The molecule has 0 fully saturated rings. The summed E-state index contributed by atoms with van der Waals surface area (Å²) in [6, 6.07) is 8.85. The zero-order chi connectivity index (χ0) is 10.3. The summed E-state index contributed by atoms with van der Waals surface area (Å²) in [5.74, 6) is 0. The first-order chi connectivity index (χ1) is 6.47. The molecule has 2 rings (SSSR count). The van der Waals surface area contributed by atoms with Gasteiger partial charge in [-0.1, -0.05) is 32.9 Å². The molecule has 2 aromatic rings. The lowest BCUT2D eigenvalue weighted by Crippen LogP contribution is -2.10. The largest absolute Gasteiger partial charge is 0.359 e. The van der Waals surface area contributed by atoms with Crippen molar-refractivity contribution in [2.24, 2.45) is 0 Å². The van der Waals surface area contributed by atoms with Crippen LogP contribution < -0.4 is 0 Å². The lowest BCUT2D eigenvalue weighted by atomic mass is 9.87. The molecule has 0 saturated heterocycles. The van der Waals surface area contributed by atoms with Crippen LogP contribution in [0.15, 0.2) is 24.3 Å². The second-order valence-corrected chi connectivity index (χ2v) is 5.00. The van der Waals surface area contributed by atoms with Crippen molar-refractivity contribution in [3.63, 3.8) is 0 Å². The standard InChI is InChI=1S/C13H17N/c1-9-7-10-5-6-11(13(2,3)4)8-12(10)14-9/h5-8,14H,1-4H3. The van der Waals surface area contributed by atoms with Crippen molar-refractivity contribution in [1.82, 2.24) is 4.98 Å². The molecule has 0 aliphatic rings. The Kier molecular flexibility index (Phi) is 1.91. The highest BCUT2D eigenvalue weighted by Gasteiger charge is 2.13. The Morgan fingerprint density at radius 3 is 2.43 bits per heavy atom. The van der Waals surface area contributed by atoms with Crippen LogP contribution in [0.5, 0.6) is 0 Å². The van der Waals surface area contributed by atoms with E-state index in [9.17, 15) is 0 Å². The molecule has 0 spiro atoms. The van der Waals surface area contributed by atoms with E-state index in [0.29, 0.717) is 0 Å². The molecule has 0 amide bonds. The quantitative estimate of drug-likeness (QED) is 0.646. The van der Waals surface area contributed by atoms with E-state index in [-0.39, 0.29) is 5.41 Å². The van der Waals surface area contributed by atoms with Crippen LogP contribution in [0.3, 0.4) is 0 Å². The van der Waals surface area contributed by atoms with Crippen molar-refractivity contribution >= 4 is 10.9 Å². The number of nitrogens with one attached hydrogen (secondary N) is 1. The van der Waals surface area contributed by atoms with Crippen molar-refractivity contribution < 1.29 is 0 Å². The Hall–Kier alpha value is -1.24. The molecule has 14 heavy (non-hydrogen) atoms. The van der Waals surface area contributed by atoms with Crippen LogP contribution in [0.1, 0.15) is 32.0 Å². The van der Waals surface area contributed by atoms with E-state index in [2.05, 4.69) is 56.9 Å². The molecule has 0 aliphatic heterocycles. The number of hydrogen-bond acceptors (Lipinski definition) is 0. The van der Waals surface area contributed by atoms with Crippen LogP contribution in [-0.2, 0) is 5.41 Å². The van der Waals surface area contributed by atoms with E-state index < -0.39 is 0 Å². The predicted octanol–water partition coefficient (Wildman–Crippen LogP) is 3.77. The van der Waals surface area contributed by atoms with Gasteiger partial charge in [0.2, 0.25) is 0 Å². The van der Waals surface area contributed by atoms with E-state index in [1.54, 1.807) is 0 Å². The van der Waals surface area contributed by atoms with Crippen molar-refractivity contribution in [3.05, 3.63) is 35.5 Å². The third kappa shape index (κ3) is 1.54. The highest BCUT2D eigenvalue weighted by atomic mass is 14.7. The minimum absolute atomic E-state index is 0.229. The number of rotatable bonds is 0. The topological polar surface area (TPSA) is 15.8 Å². The van der Waals surface area contributed by atoms with Gasteiger partial charge in [-0.15, -0.1) is 0 Å². The van der Waals surface area contributed by atoms with Crippen LogP contribution in [0, 0.1) is 6.92 Å². The molecule has 1 aromatic carbocycles. The fraction of sp³-hybridized carbons (Fsp3) is 0.385. The molecule has 1 aromatic heterocycles. The molecule has 0 bridgehead atoms. The fourth-order valence-corrected chi connectivity index (χ4v) is 1.74. The molecule has 0 radical (unpaired) electrons. The average Bonchev–Trinajstić information content (AvgIpc) is 2.41. The first-order valence-corrected chi connectivity index (χ1v) is 5.07. The van der Waals surface area contributed by atoms with Gasteiger partial charge < -0.3 is 4.98 Å². The molecule has 0 atom stereocenters. The molecule has 1 N–H and O–H groups in total. The Morgan fingerprint density at radius 2 is 1.79 bits per heavy atom. The second-order valence-electron chi connectivity index (χ2n) is 5.00. The number of fused-ring (bicyclic) bond motifs is 1. The van der Waals surface area contributed by atoms with Gasteiger partial charge in [0.05, 0.1) is 0 Å². The third-order valence-electron chi connectivity index (χ3n) is 2.62. The second kappa shape index (κ2) is 2.88. The minimum Gasteiger partial charge on any atom is -0.359 e. The average molecular weight is 187 g/mol. The highest BCUT2D eigenvalue weighted by Crippen LogP contribution is 2.25. The van der Waals surface area contributed by atoms with Gasteiger partial charge in [0.1, 0.15) is 0 Å². The van der Waals surface area contributed by atoms with E-state index in [4.69, 9.17) is 0 Å². The summed E-state index contributed by atoms with van der Waals surface area (Å²) < 4.78 is 0. The van der Waals surface area contributed by atoms with Gasteiger partial charge in [0, 0.05) is 11.2 Å². The molecule has 1 heteroatoms. The fourth-order valence-electron chi connectivity index (χ4n) is 1.74. The van der Waals surface area contributed by atoms with Crippen LogP contribution in [-0.4, -0.2) is 4.98 Å². The molecule has 74 valence electrons. The first-order valence-electron chi connectivity index (χ1n) is 5.07. The van der Waals surface area contributed by atoms with E-state index in [1.807, 2.05) is 0 Å². The van der Waals surface area contributed by atoms with Crippen LogP contribution in [0.2, 0.25) is 0 Å². The zero-order valence-electron chi connectivity index (χ0n) is 9.31. The Morgan fingerprint density at radius 1 is 1.07 bits per heavy atom. The Bertz CT molecular complexity index is 458. The molecule has 0 aliphatic carbocycles. The van der Waals surface area contributed by atoms with Gasteiger partial charge in [0.15, 0.2) is 0 Å². The van der Waals surface area contributed by atoms with Crippen molar-refractivity contribution in [2.45, 2.75) is 33.1 Å². The number of benzene rings is 1. The first kappa shape index (κ1) is 9.32. The molecule has 0 unspecified atom stereocenters. The maximum absolute atomic E-state index is 3.37. The van der Waals surface area contributed by atoms with E-state index >= 15 is 0 Å². The van der Waals surface area contributed by atoms with Gasteiger partial charge in [-0.3, -0.25) is 0 Å². The van der Waals surface area contributed by atoms with E-state index in [1.165, 1.54) is 22.2 Å². The highest BCUT2D eigenvalue weighted by molar-refractivity contribution is 5.81. The minimum atomic E-state index is 0.229. The van der Waals surface area contributed by atoms with Crippen LogP contribution in [0.25, 0.3) is 10.9 Å². The van der Waals surface area contributed by atoms with Gasteiger partial charge in [-0.2, -0.15) is 0 Å². The Balaban J connectivity index is 2.62. The smallest absolute Gasteiger partial charge is 0.0458 e. The van der Waals surface area contributed by atoms with Gasteiger partial charge >= 0.3 is 0 Å². The number of aryl methyl sites for hydroxylation is 1. The van der Waals surface area contributed by atoms with Gasteiger partial charge in [-0.25, -0.2) is 0 Å². The SMILES string of the molecule is Cc1cc2ccc(C(C)(C)C)cc2[nH]1. The van der Waals surface area contributed by atoms with Gasteiger partial charge in [-0.05, 0) is 35.4 Å². The van der Waals surface area contributed by atoms with Crippen LogP contribution in [0.4, 0.5) is 0 Å². The van der Waals surface area contributed by atoms with E-state index in [0.717, 1.165) is 0 Å². The number of aromatic amines is 1. The summed E-state index contributed by atoms with van der Waals surface area (Å²) in [6.07, 6.45) is 0. The molecule has 1 nitrogen and oxygen atoms in total. The summed E-state index contributed by atoms with van der Waals surface area (Å²) in [5, 5.41) is 1.30. The number of H-pyrrole nitrogens is 1. The summed E-state index contributed by atoms with van der Waals surface area (Å²) in [4.78, 5) is 3.37. The van der Waals surface area contributed by atoms with Crippen molar-refractivity contribution in [1.29, 1.82) is 0 Å². The lowest BCUT2D eigenvalue weighted by Gasteiger charge is -2.18. The zero-order valence-corrected chi connectivity index (χ0v) is 9.31. The summed E-state index contributed by atoms with van der Waals surface area (Å²) in [6.45, 7) is 8.81. The van der Waals surface area contributed by atoms with Crippen LogP contribution >= 0.6 is 0 Å². The van der Waals surface area contributed by atoms with Gasteiger partial charge in [0.25, 0.3) is 0 Å². The maximum Gasteiger partial charge on any atom is 0.0458 e. The summed E-state index contributed by atoms with van der Waals surface area (Å²) in [5.41, 5.74) is 4.08. The Labute approximate surface area is 85.1 Å². The van der Waals surface area contributed by atoms with Crippen molar-refractivity contribution in [3.8, 4) is 0 Å². The molecular formula is C13H17N. The monoisotopic (exact) mass is 187 g/mol.